The van der Waals surface area contributed by atoms with Gasteiger partial charge in [0.05, 0.1) is 17.4 Å². The van der Waals surface area contributed by atoms with E-state index in [1.54, 1.807) is 0 Å². The van der Waals surface area contributed by atoms with E-state index < -0.39 is 0 Å². The molecule has 0 saturated heterocycles. The summed E-state index contributed by atoms with van der Waals surface area (Å²) in [6.07, 6.45) is 6.49. The SMILES string of the molecule is c1cc(-c2ccn3c2CCC3)n2nccc2c1. The Labute approximate surface area is 99.3 Å². The molecule has 3 nitrogen and oxygen atoms in total. The predicted octanol–water partition coefficient (Wildman–Crippen LogP) is 2.75. The summed E-state index contributed by atoms with van der Waals surface area (Å²) in [7, 11) is 0. The van der Waals surface area contributed by atoms with Crippen LogP contribution in [0.4, 0.5) is 0 Å². The molecule has 0 aliphatic carbocycles. The molecule has 3 heteroatoms. The van der Waals surface area contributed by atoms with Crippen LogP contribution in [-0.2, 0) is 13.0 Å². The second kappa shape index (κ2) is 3.23. The van der Waals surface area contributed by atoms with E-state index in [9.17, 15) is 0 Å². The Morgan fingerprint density at radius 1 is 1.12 bits per heavy atom. The smallest absolute Gasteiger partial charge is 0.0743 e. The highest BCUT2D eigenvalue weighted by atomic mass is 15.2. The highest BCUT2D eigenvalue weighted by Gasteiger charge is 2.17. The Morgan fingerprint density at radius 2 is 2.12 bits per heavy atom. The van der Waals surface area contributed by atoms with Crippen LogP contribution < -0.4 is 0 Å². The van der Waals surface area contributed by atoms with Gasteiger partial charge in [-0.3, -0.25) is 0 Å². The van der Waals surface area contributed by atoms with Crippen LogP contribution in [-0.4, -0.2) is 14.2 Å². The standard InChI is InChI=1S/C14H13N3/c1-3-11-6-8-15-17(11)14(4-1)12-7-10-16-9-2-5-13(12)16/h1,3-4,6-8,10H,2,5,9H2. The van der Waals surface area contributed by atoms with Crippen molar-refractivity contribution in [2.75, 3.05) is 0 Å². The van der Waals surface area contributed by atoms with Gasteiger partial charge in [-0.05, 0) is 37.1 Å². The number of nitrogens with zero attached hydrogens (tertiary/aromatic N) is 3. The summed E-state index contributed by atoms with van der Waals surface area (Å²) < 4.78 is 4.38. The van der Waals surface area contributed by atoms with Crippen molar-refractivity contribution in [3.63, 3.8) is 0 Å². The number of hydrogen-bond acceptors (Lipinski definition) is 1. The zero-order chi connectivity index (χ0) is 11.2. The van der Waals surface area contributed by atoms with Gasteiger partial charge in [0.15, 0.2) is 0 Å². The van der Waals surface area contributed by atoms with Gasteiger partial charge in [-0.2, -0.15) is 5.10 Å². The second-order valence-corrected chi connectivity index (χ2v) is 4.55. The quantitative estimate of drug-likeness (QED) is 0.622. The zero-order valence-electron chi connectivity index (χ0n) is 9.50. The fourth-order valence-electron chi connectivity index (χ4n) is 2.80. The summed E-state index contributed by atoms with van der Waals surface area (Å²) in [4.78, 5) is 0. The van der Waals surface area contributed by atoms with Crippen LogP contribution >= 0.6 is 0 Å². The van der Waals surface area contributed by atoms with Crippen molar-refractivity contribution in [3.05, 3.63) is 48.4 Å². The number of aryl methyl sites for hydroxylation is 1. The molecule has 3 aromatic heterocycles. The van der Waals surface area contributed by atoms with E-state index in [2.05, 4.69) is 40.1 Å². The van der Waals surface area contributed by atoms with Gasteiger partial charge in [0.2, 0.25) is 0 Å². The van der Waals surface area contributed by atoms with Crippen LogP contribution in [0, 0.1) is 0 Å². The van der Waals surface area contributed by atoms with Gasteiger partial charge in [-0.1, -0.05) is 6.07 Å². The van der Waals surface area contributed by atoms with Crippen molar-refractivity contribution < 1.29 is 0 Å². The van der Waals surface area contributed by atoms with Gasteiger partial charge in [0.1, 0.15) is 0 Å². The molecule has 0 bridgehead atoms. The molecule has 1 aliphatic heterocycles. The molecule has 0 saturated carbocycles. The van der Waals surface area contributed by atoms with Crippen molar-refractivity contribution in [2.45, 2.75) is 19.4 Å². The number of hydrogen-bond donors (Lipinski definition) is 0. The molecule has 0 amide bonds. The van der Waals surface area contributed by atoms with E-state index in [-0.39, 0.29) is 0 Å². The predicted molar refractivity (Wildman–Crippen MR) is 66.9 cm³/mol. The summed E-state index contributed by atoms with van der Waals surface area (Å²) in [6.45, 7) is 1.16. The van der Waals surface area contributed by atoms with Gasteiger partial charge < -0.3 is 4.57 Å². The first-order valence-corrected chi connectivity index (χ1v) is 6.05. The molecule has 0 fully saturated rings. The lowest BCUT2D eigenvalue weighted by molar-refractivity contribution is 0.750. The lowest BCUT2D eigenvalue weighted by atomic mass is 10.1. The van der Waals surface area contributed by atoms with Crippen molar-refractivity contribution in [1.29, 1.82) is 0 Å². The first-order valence-electron chi connectivity index (χ1n) is 6.05. The van der Waals surface area contributed by atoms with Crippen LogP contribution in [0.25, 0.3) is 16.8 Å². The molecule has 0 atom stereocenters. The maximum absolute atomic E-state index is 4.41. The lowest BCUT2D eigenvalue weighted by Gasteiger charge is -2.05. The molecule has 0 spiro atoms. The Bertz CT molecular complexity index is 690. The molecule has 0 radical (unpaired) electrons. The largest absolute Gasteiger partial charge is 0.351 e. The number of aromatic nitrogens is 3. The normalized spacial score (nSPS) is 14.4. The Morgan fingerprint density at radius 3 is 3.12 bits per heavy atom. The molecule has 17 heavy (non-hydrogen) atoms. The van der Waals surface area contributed by atoms with Crippen molar-refractivity contribution in [2.24, 2.45) is 0 Å². The third kappa shape index (κ3) is 1.19. The van der Waals surface area contributed by atoms with Crippen LogP contribution in [0.2, 0.25) is 0 Å². The number of pyridine rings is 1. The summed E-state index contributed by atoms with van der Waals surface area (Å²) in [6, 6.07) is 10.6. The Hall–Kier alpha value is -2.03. The van der Waals surface area contributed by atoms with Crippen LogP contribution in [0.1, 0.15) is 12.1 Å². The molecular weight excluding hydrogens is 210 g/mol. The first kappa shape index (κ1) is 9.05. The minimum atomic E-state index is 1.15. The highest BCUT2D eigenvalue weighted by molar-refractivity contribution is 5.67. The number of fused-ring (bicyclic) bond motifs is 2. The molecule has 1 aliphatic rings. The zero-order valence-corrected chi connectivity index (χ0v) is 9.50. The maximum atomic E-state index is 4.41. The van der Waals surface area contributed by atoms with Crippen molar-refractivity contribution in [1.82, 2.24) is 14.2 Å². The van der Waals surface area contributed by atoms with E-state index in [1.807, 2.05) is 16.8 Å². The molecule has 4 heterocycles. The third-order valence-electron chi connectivity index (χ3n) is 3.59. The average molecular weight is 223 g/mol. The summed E-state index contributed by atoms with van der Waals surface area (Å²) in [5.41, 5.74) is 5.13. The van der Waals surface area contributed by atoms with Crippen LogP contribution in [0.3, 0.4) is 0 Å². The molecule has 3 aromatic rings. The monoisotopic (exact) mass is 223 g/mol. The van der Waals surface area contributed by atoms with Gasteiger partial charge in [-0.15, -0.1) is 0 Å². The summed E-state index contributed by atoms with van der Waals surface area (Å²) in [5.74, 6) is 0. The maximum Gasteiger partial charge on any atom is 0.0743 e. The molecule has 0 N–H and O–H groups in total. The first-order chi connectivity index (χ1) is 8.43. The van der Waals surface area contributed by atoms with E-state index >= 15 is 0 Å². The van der Waals surface area contributed by atoms with E-state index in [4.69, 9.17) is 0 Å². The van der Waals surface area contributed by atoms with E-state index in [0.29, 0.717) is 0 Å². The van der Waals surface area contributed by atoms with Gasteiger partial charge in [0, 0.05) is 24.0 Å². The van der Waals surface area contributed by atoms with Crippen molar-refractivity contribution in [3.8, 4) is 11.3 Å². The van der Waals surface area contributed by atoms with Gasteiger partial charge >= 0.3 is 0 Å². The van der Waals surface area contributed by atoms with Crippen LogP contribution in [0.5, 0.6) is 0 Å². The van der Waals surface area contributed by atoms with E-state index in [1.165, 1.54) is 29.8 Å². The minimum absolute atomic E-state index is 1.15. The second-order valence-electron chi connectivity index (χ2n) is 4.55. The molecule has 0 aromatic carbocycles. The summed E-state index contributed by atoms with van der Waals surface area (Å²) >= 11 is 0. The summed E-state index contributed by atoms with van der Waals surface area (Å²) in [5, 5.41) is 4.41. The molecular formula is C14H13N3. The number of rotatable bonds is 1. The molecule has 0 unspecified atom stereocenters. The fourth-order valence-corrected chi connectivity index (χ4v) is 2.80. The Kier molecular flexibility index (Phi) is 1.72. The topological polar surface area (TPSA) is 22.2 Å². The highest BCUT2D eigenvalue weighted by Crippen LogP contribution is 2.29. The van der Waals surface area contributed by atoms with Crippen LogP contribution in [0.15, 0.2) is 42.7 Å². The minimum Gasteiger partial charge on any atom is -0.351 e. The van der Waals surface area contributed by atoms with E-state index in [0.717, 1.165) is 12.1 Å². The lowest BCUT2D eigenvalue weighted by Crippen LogP contribution is -1.95. The average Bonchev–Trinajstić information content (AvgIpc) is 3.04. The Balaban J connectivity index is 2.02. The molecule has 4 rings (SSSR count). The fraction of sp³-hybridized carbons (Fsp3) is 0.214. The third-order valence-corrected chi connectivity index (χ3v) is 3.59. The molecule has 84 valence electrons. The van der Waals surface area contributed by atoms with Gasteiger partial charge in [-0.25, -0.2) is 4.52 Å². The van der Waals surface area contributed by atoms with Crippen molar-refractivity contribution >= 4 is 5.52 Å². The van der Waals surface area contributed by atoms with Gasteiger partial charge in [0.25, 0.3) is 0 Å².